The van der Waals surface area contributed by atoms with Crippen LogP contribution in [0, 0.1) is 11.3 Å². The van der Waals surface area contributed by atoms with Crippen molar-refractivity contribution in [3.05, 3.63) is 28.2 Å². The van der Waals surface area contributed by atoms with Gasteiger partial charge in [-0.05, 0) is 34.1 Å². The number of benzene rings is 1. The number of nitrogens with zero attached hydrogens (tertiary/aromatic N) is 2. The van der Waals surface area contributed by atoms with Crippen LogP contribution >= 0.6 is 28.6 Å². The fourth-order valence-electron chi connectivity index (χ4n) is 1.20. The summed E-state index contributed by atoms with van der Waals surface area (Å²) in [5, 5.41) is 8.46. The molecular weight excluding hydrogens is 288 g/mol. The molecule has 0 spiro atoms. The molecule has 0 radical (unpaired) electrons. The van der Waals surface area contributed by atoms with Gasteiger partial charge in [0.05, 0.1) is 18.1 Å². The van der Waals surface area contributed by atoms with E-state index in [0.717, 1.165) is 9.37 Å². The van der Waals surface area contributed by atoms with Crippen LogP contribution in [0.25, 0.3) is 0 Å². The SMILES string of the molecule is CN(CCC#N)C(=O)c1cc(S)ccc1Br. The van der Waals surface area contributed by atoms with Gasteiger partial charge in [-0.25, -0.2) is 0 Å². The number of thiol groups is 1. The number of hydrogen-bond acceptors (Lipinski definition) is 3. The Morgan fingerprint density at radius 1 is 1.62 bits per heavy atom. The lowest BCUT2D eigenvalue weighted by atomic mass is 10.2. The minimum Gasteiger partial charge on any atom is -0.341 e. The van der Waals surface area contributed by atoms with Crippen LogP contribution in [0.1, 0.15) is 16.8 Å². The standard InChI is InChI=1S/C11H11BrN2OS/c1-14(6-2-5-13)11(15)9-7-8(16)3-4-10(9)12/h3-4,7,16H,2,6H2,1H3. The van der Waals surface area contributed by atoms with E-state index in [1.54, 1.807) is 25.2 Å². The Bertz CT molecular complexity index is 442. The predicted molar refractivity (Wildman–Crippen MR) is 68.6 cm³/mol. The van der Waals surface area contributed by atoms with E-state index in [4.69, 9.17) is 5.26 Å². The van der Waals surface area contributed by atoms with Gasteiger partial charge in [0.25, 0.3) is 5.91 Å². The van der Waals surface area contributed by atoms with E-state index in [1.807, 2.05) is 6.07 Å². The molecule has 0 heterocycles. The van der Waals surface area contributed by atoms with Crippen molar-refractivity contribution in [2.24, 2.45) is 0 Å². The van der Waals surface area contributed by atoms with Crippen LogP contribution in [0.5, 0.6) is 0 Å². The molecule has 0 fully saturated rings. The number of carbonyl (C=O) groups excluding carboxylic acids is 1. The van der Waals surface area contributed by atoms with Gasteiger partial charge in [0, 0.05) is 23.0 Å². The van der Waals surface area contributed by atoms with Crippen molar-refractivity contribution in [1.82, 2.24) is 4.90 Å². The van der Waals surface area contributed by atoms with Gasteiger partial charge < -0.3 is 4.90 Å². The molecular formula is C11H11BrN2OS. The largest absolute Gasteiger partial charge is 0.341 e. The van der Waals surface area contributed by atoms with E-state index in [1.165, 1.54) is 4.90 Å². The van der Waals surface area contributed by atoms with Gasteiger partial charge >= 0.3 is 0 Å². The summed E-state index contributed by atoms with van der Waals surface area (Å²) in [6, 6.07) is 7.31. The molecule has 0 aromatic heterocycles. The molecule has 5 heteroatoms. The second-order valence-electron chi connectivity index (χ2n) is 3.30. The summed E-state index contributed by atoms with van der Waals surface area (Å²) in [7, 11) is 1.68. The van der Waals surface area contributed by atoms with Gasteiger partial charge in [0.1, 0.15) is 0 Å². The molecule has 1 aromatic rings. The summed E-state index contributed by atoms with van der Waals surface area (Å²) in [5.41, 5.74) is 0.563. The highest BCUT2D eigenvalue weighted by atomic mass is 79.9. The normalized spacial score (nSPS) is 9.62. The highest BCUT2D eigenvalue weighted by Crippen LogP contribution is 2.21. The quantitative estimate of drug-likeness (QED) is 0.872. The number of carbonyl (C=O) groups is 1. The van der Waals surface area contributed by atoms with Crippen LogP contribution in [0.2, 0.25) is 0 Å². The zero-order valence-electron chi connectivity index (χ0n) is 8.77. The molecule has 1 amide bonds. The van der Waals surface area contributed by atoms with Crippen molar-refractivity contribution >= 4 is 34.5 Å². The first-order valence-corrected chi connectivity index (χ1v) is 5.91. The summed E-state index contributed by atoms with van der Waals surface area (Å²) in [6.07, 6.45) is 0.334. The highest BCUT2D eigenvalue weighted by molar-refractivity contribution is 9.10. The number of hydrogen-bond donors (Lipinski definition) is 1. The number of amides is 1. The van der Waals surface area contributed by atoms with Crippen LogP contribution in [0.4, 0.5) is 0 Å². The molecule has 0 aliphatic rings. The third kappa shape index (κ3) is 3.26. The molecule has 0 atom stereocenters. The Hall–Kier alpha value is -0.990. The Balaban J connectivity index is 2.88. The molecule has 16 heavy (non-hydrogen) atoms. The fraction of sp³-hybridized carbons (Fsp3) is 0.273. The van der Waals surface area contributed by atoms with Crippen LogP contribution in [0.3, 0.4) is 0 Å². The van der Waals surface area contributed by atoms with Crippen molar-refractivity contribution in [3.63, 3.8) is 0 Å². The molecule has 84 valence electrons. The van der Waals surface area contributed by atoms with Crippen molar-refractivity contribution in [3.8, 4) is 6.07 Å². The average Bonchev–Trinajstić information content (AvgIpc) is 2.28. The molecule has 0 saturated carbocycles. The van der Waals surface area contributed by atoms with E-state index in [-0.39, 0.29) is 5.91 Å². The minimum atomic E-state index is -0.113. The Morgan fingerprint density at radius 2 is 2.31 bits per heavy atom. The van der Waals surface area contributed by atoms with Crippen molar-refractivity contribution in [1.29, 1.82) is 5.26 Å². The van der Waals surface area contributed by atoms with Gasteiger partial charge in [-0.1, -0.05) is 0 Å². The topological polar surface area (TPSA) is 44.1 Å². The van der Waals surface area contributed by atoms with E-state index in [9.17, 15) is 4.79 Å². The van der Waals surface area contributed by atoms with E-state index in [0.29, 0.717) is 18.5 Å². The van der Waals surface area contributed by atoms with Gasteiger partial charge in [0.15, 0.2) is 0 Å². The smallest absolute Gasteiger partial charge is 0.254 e. The van der Waals surface area contributed by atoms with Crippen LogP contribution in [-0.2, 0) is 0 Å². The zero-order chi connectivity index (χ0) is 12.1. The molecule has 0 aliphatic heterocycles. The van der Waals surface area contributed by atoms with Gasteiger partial charge in [-0.15, -0.1) is 12.6 Å². The first-order valence-electron chi connectivity index (χ1n) is 4.67. The summed E-state index contributed by atoms with van der Waals surface area (Å²) in [6.45, 7) is 0.429. The molecule has 1 rings (SSSR count). The maximum absolute atomic E-state index is 12.0. The first kappa shape index (κ1) is 13.1. The van der Waals surface area contributed by atoms with Crippen molar-refractivity contribution < 1.29 is 4.79 Å². The molecule has 0 saturated heterocycles. The average molecular weight is 299 g/mol. The highest BCUT2D eigenvalue weighted by Gasteiger charge is 2.14. The molecule has 0 aliphatic carbocycles. The molecule has 3 nitrogen and oxygen atoms in total. The summed E-state index contributed by atoms with van der Waals surface area (Å²) in [4.78, 5) is 14.2. The van der Waals surface area contributed by atoms with Gasteiger partial charge in [-0.2, -0.15) is 5.26 Å². The fourth-order valence-corrected chi connectivity index (χ4v) is 1.82. The summed E-state index contributed by atoms with van der Waals surface area (Å²) < 4.78 is 0.735. The zero-order valence-corrected chi connectivity index (χ0v) is 11.3. The second kappa shape index (κ2) is 5.92. The van der Waals surface area contributed by atoms with E-state index >= 15 is 0 Å². The Kier molecular flexibility index (Phi) is 4.84. The maximum Gasteiger partial charge on any atom is 0.254 e. The summed E-state index contributed by atoms with van der Waals surface area (Å²) in [5.74, 6) is -0.113. The lowest BCUT2D eigenvalue weighted by molar-refractivity contribution is 0.0797. The van der Waals surface area contributed by atoms with Crippen LogP contribution in [-0.4, -0.2) is 24.4 Å². The molecule has 1 aromatic carbocycles. The minimum absolute atomic E-state index is 0.113. The number of rotatable bonds is 3. The van der Waals surface area contributed by atoms with Gasteiger partial charge in [-0.3, -0.25) is 4.79 Å². The van der Waals surface area contributed by atoms with Gasteiger partial charge in [0.2, 0.25) is 0 Å². The van der Waals surface area contributed by atoms with Crippen molar-refractivity contribution in [2.45, 2.75) is 11.3 Å². The van der Waals surface area contributed by atoms with Crippen LogP contribution in [0.15, 0.2) is 27.6 Å². The maximum atomic E-state index is 12.0. The Labute approximate surface area is 109 Å². The monoisotopic (exact) mass is 298 g/mol. The van der Waals surface area contributed by atoms with E-state index < -0.39 is 0 Å². The molecule has 0 unspecified atom stereocenters. The lowest BCUT2D eigenvalue weighted by Crippen LogP contribution is -2.27. The Morgan fingerprint density at radius 3 is 2.94 bits per heavy atom. The first-order chi connectivity index (χ1) is 7.56. The van der Waals surface area contributed by atoms with Crippen LogP contribution < -0.4 is 0 Å². The summed E-state index contributed by atoms with van der Waals surface area (Å²) >= 11 is 7.51. The third-order valence-corrected chi connectivity index (χ3v) is 3.06. The third-order valence-electron chi connectivity index (χ3n) is 2.09. The predicted octanol–water partition coefficient (Wildman–Crippen LogP) is 2.72. The van der Waals surface area contributed by atoms with E-state index in [2.05, 4.69) is 28.6 Å². The second-order valence-corrected chi connectivity index (χ2v) is 4.67. The van der Waals surface area contributed by atoms with Crippen molar-refractivity contribution in [2.75, 3.05) is 13.6 Å². The molecule has 0 N–H and O–H groups in total. The number of nitriles is 1. The number of halogens is 1. The molecule has 0 bridgehead atoms. The lowest BCUT2D eigenvalue weighted by Gasteiger charge is -2.16.